The van der Waals surface area contributed by atoms with Crippen molar-refractivity contribution in [2.75, 3.05) is 0 Å². The third kappa shape index (κ3) is 2.64. The fourth-order valence-electron chi connectivity index (χ4n) is 2.41. The van der Waals surface area contributed by atoms with E-state index in [1.165, 1.54) is 22.7 Å². The van der Waals surface area contributed by atoms with E-state index < -0.39 is 22.3 Å². The molecule has 1 fully saturated rings. The van der Waals surface area contributed by atoms with E-state index in [0.717, 1.165) is 0 Å². The van der Waals surface area contributed by atoms with E-state index in [-0.39, 0.29) is 23.7 Å². The summed E-state index contributed by atoms with van der Waals surface area (Å²) in [7, 11) is -5.18. The standard InChI is InChI=1S/C12H10FN3O5S/c13-22(19,20)21-9-2-1-5-16-8(6-14-11(9)16)7-3-4-10(17)15-12(7)18/h1-2,5-7H,3-4H2,(H,15,17,18). The molecule has 1 atom stereocenters. The van der Waals surface area contributed by atoms with E-state index in [1.54, 1.807) is 6.20 Å². The minimum atomic E-state index is -5.18. The van der Waals surface area contributed by atoms with Crippen molar-refractivity contribution < 1.29 is 26.1 Å². The van der Waals surface area contributed by atoms with Gasteiger partial charge in [-0.05, 0) is 18.6 Å². The van der Waals surface area contributed by atoms with Crippen molar-refractivity contribution in [2.24, 2.45) is 0 Å². The molecule has 10 heteroatoms. The first-order chi connectivity index (χ1) is 10.3. The number of aromatic nitrogens is 2. The minimum Gasteiger partial charge on any atom is -0.354 e. The van der Waals surface area contributed by atoms with E-state index in [4.69, 9.17) is 0 Å². The molecular formula is C12H10FN3O5S. The summed E-state index contributed by atoms with van der Waals surface area (Å²) in [5.74, 6) is -1.70. The molecule has 0 aromatic carbocycles. The molecule has 0 radical (unpaired) electrons. The predicted octanol–water partition coefficient (Wildman–Crippen LogP) is 0.448. The van der Waals surface area contributed by atoms with E-state index in [2.05, 4.69) is 14.5 Å². The van der Waals surface area contributed by atoms with Crippen molar-refractivity contribution in [1.29, 1.82) is 0 Å². The summed E-state index contributed by atoms with van der Waals surface area (Å²) < 4.78 is 39.6. The molecule has 2 amide bonds. The lowest BCUT2D eigenvalue weighted by Crippen LogP contribution is -2.39. The summed E-state index contributed by atoms with van der Waals surface area (Å²) in [6.07, 6.45) is 3.41. The number of carbonyl (C=O) groups is 2. The zero-order valence-corrected chi connectivity index (χ0v) is 11.8. The lowest BCUT2D eigenvalue weighted by atomic mass is 9.95. The van der Waals surface area contributed by atoms with Crippen LogP contribution in [0.2, 0.25) is 0 Å². The summed E-state index contributed by atoms with van der Waals surface area (Å²) in [6.45, 7) is 0. The molecule has 1 N–H and O–H groups in total. The molecule has 0 spiro atoms. The highest BCUT2D eigenvalue weighted by atomic mass is 32.3. The van der Waals surface area contributed by atoms with Crippen LogP contribution in [0.15, 0.2) is 24.5 Å². The number of imide groups is 1. The Hall–Kier alpha value is -2.49. The van der Waals surface area contributed by atoms with Gasteiger partial charge in [0.25, 0.3) is 0 Å². The zero-order valence-electron chi connectivity index (χ0n) is 11.0. The average molecular weight is 327 g/mol. The predicted molar refractivity (Wildman–Crippen MR) is 71.0 cm³/mol. The fraction of sp³-hybridized carbons (Fsp3) is 0.250. The largest absolute Gasteiger partial charge is 0.488 e. The normalized spacial score (nSPS) is 19.2. The number of carbonyl (C=O) groups excluding carboxylic acids is 2. The highest BCUT2D eigenvalue weighted by molar-refractivity contribution is 7.81. The Morgan fingerprint density at radius 1 is 1.41 bits per heavy atom. The smallest absolute Gasteiger partial charge is 0.354 e. The molecule has 1 unspecified atom stereocenters. The maximum absolute atomic E-state index is 12.7. The van der Waals surface area contributed by atoms with Gasteiger partial charge in [-0.25, -0.2) is 4.98 Å². The van der Waals surface area contributed by atoms with Gasteiger partial charge >= 0.3 is 10.5 Å². The fourth-order valence-corrected chi connectivity index (χ4v) is 2.75. The van der Waals surface area contributed by atoms with Crippen molar-refractivity contribution in [3.05, 3.63) is 30.2 Å². The number of fused-ring (bicyclic) bond motifs is 1. The van der Waals surface area contributed by atoms with Crippen LogP contribution in [0.4, 0.5) is 3.89 Å². The summed E-state index contributed by atoms with van der Waals surface area (Å²) in [5, 5.41) is 2.23. The van der Waals surface area contributed by atoms with Crippen LogP contribution in [0.3, 0.4) is 0 Å². The monoisotopic (exact) mass is 327 g/mol. The number of imidazole rings is 1. The highest BCUT2D eigenvalue weighted by Gasteiger charge is 2.30. The molecule has 8 nitrogen and oxygen atoms in total. The van der Waals surface area contributed by atoms with Gasteiger partial charge in [-0.15, -0.1) is 0 Å². The molecule has 22 heavy (non-hydrogen) atoms. The van der Waals surface area contributed by atoms with Gasteiger partial charge in [0, 0.05) is 12.6 Å². The molecule has 2 aromatic heterocycles. The Balaban J connectivity index is 2.04. The van der Waals surface area contributed by atoms with Crippen LogP contribution < -0.4 is 9.50 Å². The second kappa shape index (κ2) is 5.05. The molecule has 1 saturated heterocycles. The molecule has 2 aromatic rings. The van der Waals surface area contributed by atoms with Crippen molar-refractivity contribution in [2.45, 2.75) is 18.8 Å². The van der Waals surface area contributed by atoms with Crippen LogP contribution in [-0.4, -0.2) is 29.6 Å². The molecule has 1 aliphatic rings. The molecular weight excluding hydrogens is 317 g/mol. The second-order valence-corrected chi connectivity index (χ2v) is 5.68. The second-order valence-electron chi connectivity index (χ2n) is 4.73. The quantitative estimate of drug-likeness (QED) is 0.648. The number of pyridine rings is 1. The third-order valence-corrected chi connectivity index (χ3v) is 3.69. The molecule has 1 aliphatic heterocycles. The number of nitrogens with zero attached hydrogens (tertiary/aromatic N) is 2. The van der Waals surface area contributed by atoms with E-state index in [0.29, 0.717) is 12.1 Å². The van der Waals surface area contributed by atoms with Crippen LogP contribution in [-0.2, 0) is 20.1 Å². The van der Waals surface area contributed by atoms with Crippen molar-refractivity contribution in [3.8, 4) is 5.75 Å². The Morgan fingerprint density at radius 3 is 2.86 bits per heavy atom. The zero-order chi connectivity index (χ0) is 15.9. The number of nitrogens with one attached hydrogen (secondary N) is 1. The molecule has 0 saturated carbocycles. The van der Waals surface area contributed by atoms with Crippen molar-refractivity contribution >= 4 is 28.0 Å². The number of piperidine rings is 1. The summed E-state index contributed by atoms with van der Waals surface area (Å²) in [4.78, 5) is 27.1. The van der Waals surface area contributed by atoms with Crippen LogP contribution in [0, 0.1) is 0 Å². The van der Waals surface area contributed by atoms with Crippen LogP contribution in [0.5, 0.6) is 5.75 Å². The summed E-state index contributed by atoms with van der Waals surface area (Å²) in [6, 6.07) is 2.68. The van der Waals surface area contributed by atoms with Gasteiger partial charge < -0.3 is 8.58 Å². The average Bonchev–Trinajstić information content (AvgIpc) is 2.82. The summed E-state index contributed by atoms with van der Waals surface area (Å²) >= 11 is 0. The SMILES string of the molecule is O=C1CCC(c2cnc3c(OS(=O)(=O)F)cccn23)C(=O)N1. The number of halogens is 1. The molecule has 0 aliphatic carbocycles. The maximum atomic E-state index is 12.7. The number of hydrogen-bond donors (Lipinski definition) is 1. The Kier molecular flexibility index (Phi) is 3.32. The van der Waals surface area contributed by atoms with Gasteiger partial charge in [0.15, 0.2) is 11.4 Å². The lowest BCUT2D eigenvalue weighted by Gasteiger charge is -2.20. The van der Waals surface area contributed by atoms with E-state index in [9.17, 15) is 21.9 Å². The van der Waals surface area contributed by atoms with Crippen molar-refractivity contribution in [1.82, 2.24) is 14.7 Å². The number of amides is 2. The topological polar surface area (TPSA) is 107 Å². The van der Waals surface area contributed by atoms with E-state index >= 15 is 0 Å². The van der Waals surface area contributed by atoms with Gasteiger partial charge in [-0.3, -0.25) is 14.9 Å². The van der Waals surface area contributed by atoms with Gasteiger partial charge in [0.2, 0.25) is 11.8 Å². The first-order valence-electron chi connectivity index (χ1n) is 6.29. The van der Waals surface area contributed by atoms with Gasteiger partial charge in [0.1, 0.15) is 0 Å². The minimum absolute atomic E-state index is 0.0587. The first-order valence-corrected chi connectivity index (χ1v) is 7.60. The third-order valence-electron chi connectivity index (χ3n) is 3.31. The van der Waals surface area contributed by atoms with Crippen LogP contribution in [0.1, 0.15) is 24.5 Å². The van der Waals surface area contributed by atoms with Gasteiger partial charge in [-0.2, -0.15) is 8.42 Å². The molecule has 3 heterocycles. The Labute approximate surface area is 124 Å². The number of hydrogen-bond acceptors (Lipinski definition) is 6. The van der Waals surface area contributed by atoms with Crippen LogP contribution >= 0.6 is 0 Å². The van der Waals surface area contributed by atoms with Crippen LogP contribution in [0.25, 0.3) is 5.65 Å². The lowest BCUT2D eigenvalue weighted by molar-refractivity contribution is -0.134. The molecule has 116 valence electrons. The highest BCUT2D eigenvalue weighted by Crippen LogP contribution is 2.28. The molecule has 3 rings (SSSR count). The van der Waals surface area contributed by atoms with Crippen molar-refractivity contribution in [3.63, 3.8) is 0 Å². The first kappa shape index (κ1) is 14.4. The maximum Gasteiger partial charge on any atom is 0.488 e. The van der Waals surface area contributed by atoms with Gasteiger partial charge in [0.05, 0.1) is 17.8 Å². The van der Waals surface area contributed by atoms with Gasteiger partial charge in [-0.1, -0.05) is 3.89 Å². The number of rotatable bonds is 3. The molecule has 0 bridgehead atoms. The summed E-state index contributed by atoms with van der Waals surface area (Å²) in [5.41, 5.74) is 0.519. The van der Waals surface area contributed by atoms with E-state index in [1.807, 2.05) is 0 Å². The Morgan fingerprint density at radius 2 is 2.18 bits per heavy atom. The Bertz CT molecular complexity index is 876.